The maximum Gasteiger partial charge on any atom is 0.357 e. The lowest BCUT2D eigenvalue weighted by Crippen LogP contribution is -2.11. The van der Waals surface area contributed by atoms with Crippen LogP contribution in [0.3, 0.4) is 0 Å². The van der Waals surface area contributed by atoms with E-state index in [4.69, 9.17) is 11.0 Å². The molecule has 0 atom stereocenters. The minimum Gasteiger partial charge on any atom is -0.464 e. The van der Waals surface area contributed by atoms with Gasteiger partial charge in [-0.05, 0) is 37.9 Å². The Morgan fingerprint density at radius 3 is 2.61 bits per heavy atom. The molecule has 2 N–H and O–H groups in total. The molecule has 0 aliphatic heterocycles. The largest absolute Gasteiger partial charge is 0.464 e. The number of carbonyl (C=O) groups is 1. The zero-order chi connectivity index (χ0) is 17.3. The second kappa shape index (κ2) is 6.39. The Morgan fingerprint density at radius 1 is 1.43 bits per heavy atom. The van der Waals surface area contributed by atoms with Gasteiger partial charge in [0.05, 0.1) is 33.4 Å². The van der Waals surface area contributed by atoms with Gasteiger partial charge >= 0.3 is 5.97 Å². The molecular formula is C13H8Br2N4O4. The SMILES string of the molecule is COC(=O)c1c(N)c(C#N)cn1-c1cc(Br)c([N+](=O)[O-])cc1Br. The second-order valence-corrected chi connectivity index (χ2v) is 6.00. The number of rotatable bonds is 3. The van der Waals surface area contributed by atoms with Gasteiger partial charge in [-0.25, -0.2) is 4.79 Å². The molecule has 2 rings (SSSR count). The Balaban J connectivity index is 2.77. The van der Waals surface area contributed by atoms with E-state index in [1.54, 1.807) is 0 Å². The van der Waals surface area contributed by atoms with Crippen molar-refractivity contribution in [2.75, 3.05) is 12.8 Å². The topological polar surface area (TPSA) is 124 Å². The Bertz CT molecular complexity index is 870. The third-order valence-electron chi connectivity index (χ3n) is 3.02. The first-order valence-corrected chi connectivity index (χ1v) is 7.53. The van der Waals surface area contributed by atoms with Crippen molar-refractivity contribution in [3.8, 4) is 11.8 Å². The van der Waals surface area contributed by atoms with E-state index in [1.165, 1.54) is 30.0 Å². The number of benzene rings is 1. The molecule has 8 nitrogen and oxygen atoms in total. The summed E-state index contributed by atoms with van der Waals surface area (Å²) in [6.07, 6.45) is 1.36. The van der Waals surface area contributed by atoms with Gasteiger partial charge in [0.25, 0.3) is 5.69 Å². The maximum absolute atomic E-state index is 12.0. The van der Waals surface area contributed by atoms with Crippen LogP contribution in [0.5, 0.6) is 0 Å². The monoisotopic (exact) mass is 442 g/mol. The molecule has 1 aromatic heterocycles. The summed E-state index contributed by atoms with van der Waals surface area (Å²) in [7, 11) is 1.19. The van der Waals surface area contributed by atoms with E-state index in [0.29, 0.717) is 10.2 Å². The van der Waals surface area contributed by atoms with E-state index in [1.807, 2.05) is 6.07 Å². The third-order valence-corrected chi connectivity index (χ3v) is 4.29. The van der Waals surface area contributed by atoms with Crippen molar-refractivity contribution in [2.24, 2.45) is 0 Å². The fourth-order valence-corrected chi connectivity index (χ4v) is 2.95. The molecule has 2 aromatic rings. The average Bonchev–Trinajstić information content (AvgIpc) is 2.84. The molecule has 0 saturated carbocycles. The van der Waals surface area contributed by atoms with Crippen LogP contribution >= 0.6 is 31.9 Å². The number of carbonyl (C=O) groups excluding carboxylic acids is 1. The summed E-state index contributed by atoms with van der Waals surface area (Å²) in [4.78, 5) is 22.4. The van der Waals surface area contributed by atoms with E-state index in [2.05, 4.69) is 36.6 Å². The Labute approximate surface area is 146 Å². The van der Waals surface area contributed by atoms with Crippen LogP contribution in [0.2, 0.25) is 0 Å². The van der Waals surface area contributed by atoms with Crippen molar-refractivity contribution >= 4 is 49.2 Å². The van der Waals surface area contributed by atoms with Gasteiger partial charge in [-0.15, -0.1) is 0 Å². The van der Waals surface area contributed by atoms with Crippen molar-refractivity contribution in [3.63, 3.8) is 0 Å². The molecule has 23 heavy (non-hydrogen) atoms. The van der Waals surface area contributed by atoms with E-state index >= 15 is 0 Å². The molecule has 10 heteroatoms. The highest BCUT2D eigenvalue weighted by molar-refractivity contribution is 9.11. The van der Waals surface area contributed by atoms with Crippen molar-refractivity contribution in [1.29, 1.82) is 5.26 Å². The summed E-state index contributed by atoms with van der Waals surface area (Å²) < 4.78 is 6.59. The molecule has 0 unspecified atom stereocenters. The van der Waals surface area contributed by atoms with Crippen molar-refractivity contribution in [2.45, 2.75) is 0 Å². The van der Waals surface area contributed by atoms with Crippen LogP contribution in [0, 0.1) is 21.4 Å². The number of nitrogen functional groups attached to an aromatic ring is 1. The van der Waals surface area contributed by atoms with Gasteiger partial charge in [0, 0.05) is 16.7 Å². The maximum atomic E-state index is 12.0. The predicted octanol–water partition coefficient (Wildman–Crippen LogP) is 3.15. The van der Waals surface area contributed by atoms with Crippen molar-refractivity contribution in [1.82, 2.24) is 4.57 Å². The minimum atomic E-state index is -0.731. The smallest absolute Gasteiger partial charge is 0.357 e. The summed E-state index contributed by atoms with van der Waals surface area (Å²) in [5, 5.41) is 20.1. The summed E-state index contributed by atoms with van der Waals surface area (Å²) in [5.74, 6) is -0.731. The quantitative estimate of drug-likeness (QED) is 0.441. The van der Waals surface area contributed by atoms with Crippen LogP contribution < -0.4 is 5.73 Å². The standard InChI is InChI=1S/C13H8Br2N4O4/c1-23-13(20)12-11(17)6(4-16)5-18(12)9-2-8(15)10(19(21)22)3-7(9)14/h2-3,5H,17H2,1H3. The molecule has 0 aliphatic rings. The number of nitriles is 1. The van der Waals surface area contributed by atoms with Gasteiger partial charge in [-0.3, -0.25) is 10.1 Å². The first-order chi connectivity index (χ1) is 10.8. The number of halogens is 2. The number of nitrogens with two attached hydrogens (primary N) is 1. The highest BCUT2D eigenvalue weighted by Crippen LogP contribution is 2.35. The first kappa shape index (κ1) is 17.0. The molecule has 0 radical (unpaired) electrons. The molecule has 0 fully saturated rings. The lowest BCUT2D eigenvalue weighted by Gasteiger charge is -2.11. The number of methoxy groups -OCH3 is 1. The number of nitro benzene ring substituents is 1. The summed E-state index contributed by atoms with van der Waals surface area (Å²) in [6, 6.07) is 4.60. The number of aromatic nitrogens is 1. The van der Waals surface area contributed by atoms with E-state index in [0.717, 1.165) is 0 Å². The number of nitrogens with zero attached hydrogens (tertiary/aromatic N) is 3. The van der Waals surface area contributed by atoms with Crippen LogP contribution in [0.1, 0.15) is 16.1 Å². The number of nitro groups is 1. The van der Waals surface area contributed by atoms with Gasteiger partial charge in [0.15, 0.2) is 5.69 Å². The van der Waals surface area contributed by atoms with Gasteiger partial charge in [-0.2, -0.15) is 5.26 Å². The van der Waals surface area contributed by atoms with Gasteiger partial charge in [0.2, 0.25) is 0 Å². The first-order valence-electron chi connectivity index (χ1n) is 5.94. The minimum absolute atomic E-state index is 0.0271. The highest BCUT2D eigenvalue weighted by atomic mass is 79.9. The van der Waals surface area contributed by atoms with Crippen LogP contribution in [0.15, 0.2) is 27.3 Å². The number of ether oxygens (including phenoxy) is 1. The molecule has 0 spiro atoms. The van der Waals surface area contributed by atoms with Gasteiger partial charge < -0.3 is 15.0 Å². The normalized spacial score (nSPS) is 10.2. The summed E-state index contributed by atoms with van der Waals surface area (Å²) in [5.41, 5.74) is 6.07. The predicted molar refractivity (Wildman–Crippen MR) is 88.3 cm³/mol. The average molecular weight is 444 g/mol. The summed E-state index contributed by atoms with van der Waals surface area (Å²) in [6.45, 7) is 0. The molecule has 0 saturated heterocycles. The Morgan fingerprint density at radius 2 is 2.09 bits per heavy atom. The fourth-order valence-electron chi connectivity index (χ4n) is 1.95. The number of hydrogen-bond donors (Lipinski definition) is 1. The summed E-state index contributed by atoms with van der Waals surface area (Å²) >= 11 is 6.34. The van der Waals surface area contributed by atoms with Crippen molar-refractivity contribution < 1.29 is 14.5 Å². The van der Waals surface area contributed by atoms with E-state index < -0.39 is 10.9 Å². The Hall–Kier alpha value is -2.38. The highest BCUT2D eigenvalue weighted by Gasteiger charge is 2.24. The second-order valence-electron chi connectivity index (χ2n) is 4.29. The molecule has 0 amide bonds. The van der Waals surface area contributed by atoms with Crippen LogP contribution in [-0.2, 0) is 4.74 Å². The number of hydrogen-bond acceptors (Lipinski definition) is 6. The van der Waals surface area contributed by atoms with E-state index in [-0.39, 0.29) is 27.1 Å². The van der Waals surface area contributed by atoms with Gasteiger partial charge in [-0.1, -0.05) is 0 Å². The van der Waals surface area contributed by atoms with Crippen LogP contribution in [-0.4, -0.2) is 22.6 Å². The molecule has 1 heterocycles. The van der Waals surface area contributed by atoms with Gasteiger partial charge in [0.1, 0.15) is 6.07 Å². The number of anilines is 1. The molecular weight excluding hydrogens is 436 g/mol. The zero-order valence-corrected chi connectivity index (χ0v) is 14.7. The van der Waals surface area contributed by atoms with Crippen molar-refractivity contribution in [3.05, 3.63) is 48.6 Å². The molecule has 1 aromatic carbocycles. The third kappa shape index (κ3) is 2.93. The van der Waals surface area contributed by atoms with E-state index in [9.17, 15) is 14.9 Å². The zero-order valence-electron chi connectivity index (χ0n) is 11.5. The fraction of sp³-hybridized carbons (Fsp3) is 0.0769. The van der Waals surface area contributed by atoms with Crippen LogP contribution in [0.25, 0.3) is 5.69 Å². The lowest BCUT2D eigenvalue weighted by molar-refractivity contribution is -0.385. The number of esters is 1. The molecule has 118 valence electrons. The Kier molecular flexibility index (Phi) is 4.72. The molecule has 0 bridgehead atoms. The lowest BCUT2D eigenvalue weighted by atomic mass is 10.2. The van der Waals surface area contributed by atoms with Crippen LogP contribution in [0.4, 0.5) is 11.4 Å². The molecule has 0 aliphatic carbocycles.